The molecule has 0 fully saturated rings. The van der Waals surface area contributed by atoms with E-state index in [1.165, 1.54) is 11.1 Å². The van der Waals surface area contributed by atoms with Crippen molar-refractivity contribution < 1.29 is 4.74 Å². The van der Waals surface area contributed by atoms with Crippen LogP contribution in [0, 0.1) is 0 Å². The Kier molecular flexibility index (Phi) is 4.54. The smallest absolute Gasteiger partial charge is 0.146 e. The zero-order valence-electron chi connectivity index (χ0n) is 14.8. The predicted molar refractivity (Wildman–Crippen MR) is 103 cm³/mol. The molecule has 1 aliphatic rings. The second kappa shape index (κ2) is 7.14. The molecule has 1 unspecified atom stereocenters. The van der Waals surface area contributed by atoms with Crippen LogP contribution in [-0.4, -0.2) is 28.7 Å². The molecule has 4 rings (SSSR count). The molecule has 1 aromatic heterocycles. The number of rotatable bonds is 3. The van der Waals surface area contributed by atoms with E-state index in [0.29, 0.717) is 5.82 Å². The van der Waals surface area contributed by atoms with Gasteiger partial charge in [-0.2, -0.15) is 0 Å². The number of nitrogen functional groups attached to an aromatic ring is 1. The van der Waals surface area contributed by atoms with Gasteiger partial charge in [0.25, 0.3) is 0 Å². The van der Waals surface area contributed by atoms with Gasteiger partial charge in [-0.1, -0.05) is 30.3 Å². The van der Waals surface area contributed by atoms with Gasteiger partial charge in [0, 0.05) is 25.1 Å². The highest BCUT2D eigenvalue weighted by Crippen LogP contribution is 2.33. The fourth-order valence-corrected chi connectivity index (χ4v) is 3.36. The summed E-state index contributed by atoms with van der Waals surface area (Å²) in [4.78, 5) is 2.33. The van der Waals surface area contributed by atoms with Gasteiger partial charge in [0.1, 0.15) is 17.7 Å². The van der Waals surface area contributed by atoms with Crippen molar-refractivity contribution in [2.24, 2.45) is 0 Å². The molecule has 1 atom stereocenters. The summed E-state index contributed by atoms with van der Waals surface area (Å²) in [6, 6.07) is 20.1. The molecular formula is C21H22N4O. The third kappa shape index (κ3) is 3.53. The Balaban J connectivity index is 1.68. The van der Waals surface area contributed by atoms with Crippen molar-refractivity contribution in [2.75, 3.05) is 19.3 Å². The van der Waals surface area contributed by atoms with Crippen molar-refractivity contribution in [3.8, 4) is 17.0 Å². The normalized spacial score (nSPS) is 17.3. The highest BCUT2D eigenvalue weighted by Gasteiger charge is 2.23. The van der Waals surface area contributed by atoms with Gasteiger partial charge >= 0.3 is 0 Å². The molecule has 5 heteroatoms. The molecule has 0 saturated heterocycles. The summed E-state index contributed by atoms with van der Waals surface area (Å²) in [5.41, 5.74) is 10.0. The minimum absolute atomic E-state index is 0.0453. The Morgan fingerprint density at radius 3 is 2.65 bits per heavy atom. The number of hydrogen-bond acceptors (Lipinski definition) is 5. The summed E-state index contributed by atoms with van der Waals surface area (Å²) < 4.78 is 6.30. The zero-order valence-corrected chi connectivity index (χ0v) is 14.8. The lowest BCUT2D eigenvalue weighted by Crippen LogP contribution is -2.18. The molecule has 3 aromatic rings. The lowest BCUT2D eigenvalue weighted by molar-refractivity contribution is 0.182. The maximum absolute atomic E-state index is 6.30. The molecule has 0 radical (unpaired) electrons. The quantitative estimate of drug-likeness (QED) is 0.784. The molecule has 0 bridgehead atoms. The summed E-state index contributed by atoms with van der Waals surface area (Å²) in [6.07, 6.45) is 1.00. The van der Waals surface area contributed by atoms with Gasteiger partial charge in [0.2, 0.25) is 0 Å². The largest absolute Gasteiger partial charge is 0.486 e. The van der Waals surface area contributed by atoms with Crippen LogP contribution in [0.25, 0.3) is 11.3 Å². The van der Waals surface area contributed by atoms with Gasteiger partial charge in [0.15, 0.2) is 0 Å². The first-order valence-corrected chi connectivity index (χ1v) is 8.82. The molecular weight excluding hydrogens is 324 g/mol. The van der Waals surface area contributed by atoms with Crippen molar-refractivity contribution in [1.82, 2.24) is 15.1 Å². The Labute approximate surface area is 153 Å². The van der Waals surface area contributed by atoms with Crippen molar-refractivity contribution >= 4 is 5.82 Å². The van der Waals surface area contributed by atoms with Gasteiger partial charge in [0.05, 0.1) is 5.69 Å². The van der Waals surface area contributed by atoms with E-state index < -0.39 is 0 Å². The number of aromatic nitrogens is 2. The van der Waals surface area contributed by atoms with E-state index in [2.05, 4.69) is 40.3 Å². The standard InChI is InChI=1S/C21H22N4O/c1-25-12-11-20(26-17-5-3-2-4-6-17)18-8-7-15(13-16(18)14-25)19-9-10-21(22)24-23-19/h2-10,13,20H,11-12,14H2,1H3,(H2,22,24). The van der Waals surface area contributed by atoms with E-state index >= 15 is 0 Å². The molecule has 0 aliphatic carbocycles. The Bertz CT molecular complexity index is 880. The summed E-state index contributed by atoms with van der Waals surface area (Å²) in [5, 5.41) is 8.17. The lowest BCUT2D eigenvalue weighted by Gasteiger charge is -2.20. The van der Waals surface area contributed by atoms with E-state index in [0.717, 1.165) is 36.5 Å². The fourth-order valence-electron chi connectivity index (χ4n) is 3.36. The Morgan fingerprint density at radius 2 is 1.88 bits per heavy atom. The summed E-state index contributed by atoms with van der Waals surface area (Å²) >= 11 is 0. The van der Waals surface area contributed by atoms with Crippen LogP contribution in [0.4, 0.5) is 5.82 Å². The predicted octanol–water partition coefficient (Wildman–Crippen LogP) is 3.68. The van der Waals surface area contributed by atoms with Crippen LogP contribution in [0.2, 0.25) is 0 Å². The number of nitrogens with two attached hydrogens (primary N) is 1. The molecule has 132 valence electrons. The van der Waals surface area contributed by atoms with Crippen LogP contribution in [0.3, 0.4) is 0 Å². The molecule has 0 saturated carbocycles. The fraction of sp³-hybridized carbons (Fsp3) is 0.238. The minimum Gasteiger partial charge on any atom is -0.486 e. The molecule has 5 nitrogen and oxygen atoms in total. The molecule has 0 amide bonds. The van der Waals surface area contributed by atoms with Crippen molar-refractivity contribution in [1.29, 1.82) is 0 Å². The molecule has 2 heterocycles. The maximum Gasteiger partial charge on any atom is 0.146 e. The van der Waals surface area contributed by atoms with E-state index in [1.807, 2.05) is 36.4 Å². The number of ether oxygens (including phenoxy) is 1. The van der Waals surface area contributed by atoms with Gasteiger partial charge in [-0.3, -0.25) is 0 Å². The molecule has 26 heavy (non-hydrogen) atoms. The van der Waals surface area contributed by atoms with E-state index in [1.54, 1.807) is 6.07 Å². The number of para-hydroxylation sites is 1. The highest BCUT2D eigenvalue weighted by molar-refractivity contribution is 5.61. The van der Waals surface area contributed by atoms with Gasteiger partial charge in [-0.15, -0.1) is 10.2 Å². The van der Waals surface area contributed by atoms with Gasteiger partial charge < -0.3 is 15.4 Å². The molecule has 0 spiro atoms. The Hall–Kier alpha value is -2.92. The highest BCUT2D eigenvalue weighted by atomic mass is 16.5. The van der Waals surface area contributed by atoms with Crippen molar-refractivity contribution in [3.63, 3.8) is 0 Å². The number of benzene rings is 2. The van der Waals surface area contributed by atoms with Crippen molar-refractivity contribution in [3.05, 3.63) is 71.8 Å². The average Bonchev–Trinajstić information content (AvgIpc) is 2.81. The minimum atomic E-state index is 0.0453. The first-order chi connectivity index (χ1) is 12.7. The number of hydrogen-bond donors (Lipinski definition) is 1. The van der Waals surface area contributed by atoms with Crippen LogP contribution in [0.15, 0.2) is 60.7 Å². The summed E-state index contributed by atoms with van der Waals surface area (Å²) in [7, 11) is 2.14. The first kappa shape index (κ1) is 16.5. The number of nitrogens with zero attached hydrogens (tertiary/aromatic N) is 3. The Morgan fingerprint density at radius 1 is 1.04 bits per heavy atom. The second-order valence-electron chi connectivity index (χ2n) is 6.70. The first-order valence-electron chi connectivity index (χ1n) is 8.82. The molecule has 2 aromatic carbocycles. The van der Waals surface area contributed by atoms with Crippen LogP contribution in [0.1, 0.15) is 23.7 Å². The second-order valence-corrected chi connectivity index (χ2v) is 6.70. The van der Waals surface area contributed by atoms with Crippen LogP contribution in [-0.2, 0) is 6.54 Å². The molecule has 1 aliphatic heterocycles. The maximum atomic E-state index is 6.30. The number of anilines is 1. The van der Waals surface area contributed by atoms with Crippen LogP contribution in [0.5, 0.6) is 5.75 Å². The van der Waals surface area contributed by atoms with Gasteiger partial charge in [-0.25, -0.2) is 0 Å². The SMILES string of the molecule is CN1CCC(Oc2ccccc2)c2ccc(-c3ccc(N)nn3)cc2C1. The lowest BCUT2D eigenvalue weighted by atomic mass is 9.97. The summed E-state index contributed by atoms with van der Waals surface area (Å²) in [6.45, 7) is 1.88. The molecule has 2 N–H and O–H groups in total. The number of fused-ring (bicyclic) bond motifs is 1. The van der Waals surface area contributed by atoms with Crippen LogP contribution >= 0.6 is 0 Å². The van der Waals surface area contributed by atoms with Crippen LogP contribution < -0.4 is 10.5 Å². The zero-order chi connectivity index (χ0) is 17.9. The van der Waals surface area contributed by atoms with E-state index in [9.17, 15) is 0 Å². The summed E-state index contributed by atoms with van der Waals surface area (Å²) in [5.74, 6) is 1.33. The van der Waals surface area contributed by atoms with E-state index in [4.69, 9.17) is 10.5 Å². The monoisotopic (exact) mass is 346 g/mol. The third-order valence-corrected chi connectivity index (χ3v) is 4.71. The van der Waals surface area contributed by atoms with Crippen molar-refractivity contribution in [2.45, 2.75) is 19.1 Å². The van der Waals surface area contributed by atoms with Gasteiger partial charge in [-0.05, 0) is 48.5 Å². The third-order valence-electron chi connectivity index (χ3n) is 4.71. The van der Waals surface area contributed by atoms with E-state index in [-0.39, 0.29) is 6.10 Å². The topological polar surface area (TPSA) is 64.3 Å². The average molecular weight is 346 g/mol.